The number of hydroxylamine groups is 2. The van der Waals surface area contributed by atoms with E-state index in [1.165, 1.54) is 11.0 Å². The van der Waals surface area contributed by atoms with Crippen molar-refractivity contribution in [3.8, 4) is 0 Å². The van der Waals surface area contributed by atoms with Gasteiger partial charge in [-0.25, -0.2) is 4.79 Å². The smallest absolute Gasteiger partial charge is 0.335 e. The van der Waals surface area contributed by atoms with Crippen LogP contribution in [0.3, 0.4) is 0 Å². The van der Waals surface area contributed by atoms with Crippen molar-refractivity contribution < 1.29 is 48.1 Å². The van der Waals surface area contributed by atoms with E-state index >= 15 is 0 Å². The number of aliphatic hydroxyl groups is 1. The second-order valence-electron chi connectivity index (χ2n) is 7.49. The average Bonchev–Trinajstić information content (AvgIpc) is 3.24. The number of rotatable bonds is 16. The van der Waals surface area contributed by atoms with Gasteiger partial charge in [0.1, 0.15) is 6.23 Å². The summed E-state index contributed by atoms with van der Waals surface area (Å²) in [5.74, 6) is -2.30. The molecule has 2 rings (SSSR count). The van der Waals surface area contributed by atoms with Crippen LogP contribution in [0.25, 0.3) is 0 Å². The minimum absolute atomic E-state index is 0.0456. The molecule has 1 fully saturated rings. The number of hydrogen-bond acceptors (Lipinski definition) is 10. The summed E-state index contributed by atoms with van der Waals surface area (Å²) in [6, 6.07) is 0. The first-order valence-corrected chi connectivity index (χ1v) is 11.0. The lowest BCUT2D eigenvalue weighted by atomic mass is 10.3. The first-order chi connectivity index (χ1) is 16.3. The number of nitrogens with one attached hydrogen (secondary N) is 1. The normalized spacial score (nSPS) is 18.0. The average molecular weight is 485 g/mol. The summed E-state index contributed by atoms with van der Waals surface area (Å²) < 4.78 is 15.9. The fraction of sp³-hybridized carbons (Fsp3) is 0.667. The lowest BCUT2D eigenvalue weighted by Crippen LogP contribution is -2.38. The highest BCUT2D eigenvalue weighted by Gasteiger charge is 2.32. The predicted octanol–water partition coefficient (Wildman–Crippen LogP) is -1.35. The number of aliphatic hydroxyl groups excluding tert-OH is 1. The maximum atomic E-state index is 11.8. The summed E-state index contributed by atoms with van der Waals surface area (Å²) in [5, 5.41) is 12.9. The summed E-state index contributed by atoms with van der Waals surface area (Å²) >= 11 is 0. The summed E-state index contributed by atoms with van der Waals surface area (Å²) in [5.41, 5.74) is 0.463. The number of ether oxygens (including phenoxy) is 3. The Kier molecular flexibility index (Phi) is 11.6. The van der Waals surface area contributed by atoms with Crippen LogP contribution in [0, 0.1) is 0 Å². The molecule has 0 radical (unpaired) electrons. The van der Waals surface area contributed by atoms with Gasteiger partial charge in [-0.3, -0.25) is 19.2 Å². The molecule has 190 valence electrons. The zero-order valence-corrected chi connectivity index (χ0v) is 19.2. The van der Waals surface area contributed by atoms with E-state index in [9.17, 15) is 29.1 Å². The Bertz CT molecular complexity index is 769. The first kappa shape index (κ1) is 27.4. The van der Waals surface area contributed by atoms with Crippen LogP contribution in [-0.2, 0) is 43.0 Å². The second kappa shape index (κ2) is 14.4. The van der Waals surface area contributed by atoms with E-state index in [1.807, 2.05) is 0 Å². The zero-order chi connectivity index (χ0) is 24.9. The maximum Gasteiger partial charge on any atom is 0.335 e. The molecule has 0 aromatic carbocycles. The Morgan fingerprint density at radius 3 is 2.15 bits per heavy atom. The van der Waals surface area contributed by atoms with Crippen molar-refractivity contribution in [3.05, 3.63) is 11.6 Å². The summed E-state index contributed by atoms with van der Waals surface area (Å²) in [6.07, 6.45) is 0.539. The van der Waals surface area contributed by atoms with Gasteiger partial charge >= 0.3 is 5.97 Å². The van der Waals surface area contributed by atoms with E-state index in [0.717, 1.165) is 0 Å². The number of hydrogen-bond donors (Lipinski definition) is 2. The molecule has 4 amide bonds. The quantitative estimate of drug-likeness (QED) is 0.197. The number of carbonyl (C=O) groups excluding carboxylic acids is 5. The van der Waals surface area contributed by atoms with Crippen LogP contribution < -0.4 is 5.32 Å². The molecule has 2 heterocycles. The van der Waals surface area contributed by atoms with Crippen LogP contribution in [0.15, 0.2) is 11.6 Å². The number of carbonyl (C=O) groups is 5. The summed E-state index contributed by atoms with van der Waals surface area (Å²) in [4.78, 5) is 63.8. The molecule has 0 aromatic heterocycles. The van der Waals surface area contributed by atoms with Crippen molar-refractivity contribution in [1.82, 2.24) is 15.3 Å². The SMILES string of the molecule is CC1=CC(O)N(CCC(=O)NCCOCCOCCOCCC(=O)ON2C(=O)CCC2=O)C1=O. The molecule has 2 aliphatic rings. The van der Waals surface area contributed by atoms with E-state index in [0.29, 0.717) is 37.0 Å². The monoisotopic (exact) mass is 485 g/mol. The van der Waals surface area contributed by atoms with Gasteiger partial charge in [0, 0.05) is 37.9 Å². The summed E-state index contributed by atoms with van der Waals surface area (Å²) in [6.45, 7) is 3.58. The molecule has 0 bridgehead atoms. The number of nitrogens with zero attached hydrogens (tertiary/aromatic N) is 2. The van der Waals surface area contributed by atoms with Crippen LogP contribution in [0.1, 0.15) is 32.6 Å². The van der Waals surface area contributed by atoms with E-state index in [1.54, 1.807) is 6.92 Å². The lowest BCUT2D eigenvalue weighted by molar-refractivity contribution is -0.198. The molecule has 2 N–H and O–H groups in total. The van der Waals surface area contributed by atoms with Gasteiger partial charge in [0.25, 0.3) is 17.7 Å². The molecule has 1 saturated heterocycles. The fourth-order valence-corrected chi connectivity index (χ4v) is 3.04. The van der Waals surface area contributed by atoms with Gasteiger partial charge in [0.05, 0.1) is 46.1 Å². The highest BCUT2D eigenvalue weighted by atomic mass is 16.7. The van der Waals surface area contributed by atoms with Crippen LogP contribution in [0.5, 0.6) is 0 Å². The minimum atomic E-state index is -0.982. The summed E-state index contributed by atoms with van der Waals surface area (Å²) in [7, 11) is 0. The van der Waals surface area contributed by atoms with Gasteiger partial charge in [-0.15, -0.1) is 5.06 Å². The molecule has 13 heteroatoms. The molecule has 0 aromatic rings. The van der Waals surface area contributed by atoms with Crippen molar-refractivity contribution >= 4 is 29.6 Å². The van der Waals surface area contributed by atoms with Crippen LogP contribution in [0.2, 0.25) is 0 Å². The third kappa shape index (κ3) is 9.17. The molecule has 1 atom stereocenters. The topological polar surface area (TPSA) is 161 Å². The molecular weight excluding hydrogens is 454 g/mol. The van der Waals surface area contributed by atoms with Crippen molar-refractivity contribution in [1.29, 1.82) is 0 Å². The Morgan fingerprint density at radius 1 is 0.971 bits per heavy atom. The van der Waals surface area contributed by atoms with Gasteiger partial charge in [-0.1, -0.05) is 0 Å². The molecule has 1 unspecified atom stereocenters. The molecule has 0 saturated carbocycles. The predicted molar refractivity (Wildman–Crippen MR) is 113 cm³/mol. The fourth-order valence-electron chi connectivity index (χ4n) is 3.04. The van der Waals surface area contributed by atoms with E-state index < -0.39 is 24.0 Å². The number of amides is 4. The molecule has 2 aliphatic heterocycles. The van der Waals surface area contributed by atoms with Crippen molar-refractivity contribution in [3.63, 3.8) is 0 Å². The van der Waals surface area contributed by atoms with Crippen LogP contribution in [-0.4, -0.2) is 104 Å². The molecule has 13 nitrogen and oxygen atoms in total. The zero-order valence-electron chi connectivity index (χ0n) is 19.2. The third-order valence-corrected chi connectivity index (χ3v) is 4.86. The van der Waals surface area contributed by atoms with Crippen molar-refractivity contribution in [2.24, 2.45) is 0 Å². The molecular formula is C21H31N3O10. The van der Waals surface area contributed by atoms with Crippen LogP contribution in [0.4, 0.5) is 0 Å². The Hall–Kier alpha value is -2.87. The lowest BCUT2D eigenvalue weighted by Gasteiger charge is -2.20. The number of imide groups is 1. The Balaban J connectivity index is 1.35. The van der Waals surface area contributed by atoms with Gasteiger partial charge in [0.15, 0.2) is 0 Å². The van der Waals surface area contributed by atoms with Crippen molar-refractivity contribution in [2.45, 2.75) is 38.8 Å². The van der Waals surface area contributed by atoms with Gasteiger partial charge in [0.2, 0.25) is 5.91 Å². The molecule has 34 heavy (non-hydrogen) atoms. The molecule has 0 spiro atoms. The molecule has 0 aliphatic carbocycles. The standard InChI is InChI=1S/C21H31N3O10/c1-15-14-19(28)23(21(15)30)7-4-16(25)22-6-9-32-11-13-33-12-10-31-8-5-20(29)34-24-17(26)2-3-18(24)27/h14,19,28H,2-13H2,1H3,(H,22,25). The van der Waals surface area contributed by atoms with E-state index in [-0.39, 0.29) is 63.9 Å². The second-order valence-corrected chi connectivity index (χ2v) is 7.49. The van der Waals surface area contributed by atoms with Gasteiger partial charge in [-0.05, 0) is 13.0 Å². The van der Waals surface area contributed by atoms with Crippen molar-refractivity contribution in [2.75, 3.05) is 52.7 Å². The highest BCUT2D eigenvalue weighted by molar-refractivity contribution is 6.01. The Labute approximate surface area is 196 Å². The maximum absolute atomic E-state index is 11.8. The first-order valence-electron chi connectivity index (χ1n) is 11.0. The third-order valence-electron chi connectivity index (χ3n) is 4.86. The van der Waals surface area contributed by atoms with Gasteiger partial charge in [-0.2, -0.15) is 0 Å². The van der Waals surface area contributed by atoms with Gasteiger partial charge < -0.3 is 34.4 Å². The highest BCUT2D eigenvalue weighted by Crippen LogP contribution is 2.15. The van der Waals surface area contributed by atoms with Crippen LogP contribution >= 0.6 is 0 Å². The Morgan fingerprint density at radius 2 is 1.56 bits per heavy atom. The minimum Gasteiger partial charge on any atom is -0.378 e. The van der Waals surface area contributed by atoms with E-state index in [4.69, 9.17) is 19.0 Å². The van der Waals surface area contributed by atoms with E-state index in [2.05, 4.69) is 5.32 Å². The largest absolute Gasteiger partial charge is 0.378 e.